The lowest BCUT2D eigenvalue weighted by Gasteiger charge is -2.43. The molecule has 64 heavy (non-hydrogen) atoms. The van der Waals surface area contributed by atoms with Gasteiger partial charge in [0.15, 0.2) is 0 Å². The van der Waals surface area contributed by atoms with E-state index in [0.717, 1.165) is 54.8 Å². The van der Waals surface area contributed by atoms with Crippen LogP contribution in [0.2, 0.25) is 0 Å². The SMILES string of the molecule is CCC(CC)N1CCN(C(=O)O)C(c2ccc(Oc3ccc(C(F)(F)F)cc3)cc2)C1.O=C(O)N1CCN(C2CCCCCC2)CC1c1ccc(Oc2ccc(C(F)(F)F)cc2)cc1. The second kappa shape index (κ2) is 21.5. The van der Waals surface area contributed by atoms with Crippen LogP contribution in [0.3, 0.4) is 0 Å². The molecule has 2 N–H and O–H groups in total. The molecule has 4 aromatic rings. The normalized spacial score (nSPS) is 19.4. The molecule has 2 saturated heterocycles. The third-order valence-electron chi connectivity index (χ3n) is 12.5. The highest BCUT2D eigenvalue weighted by atomic mass is 19.4. The van der Waals surface area contributed by atoms with Crippen LogP contribution in [0, 0.1) is 0 Å². The van der Waals surface area contributed by atoms with E-state index >= 15 is 0 Å². The molecule has 1 saturated carbocycles. The third-order valence-corrected chi connectivity index (χ3v) is 12.5. The lowest BCUT2D eigenvalue weighted by atomic mass is 9.99. The van der Waals surface area contributed by atoms with E-state index in [1.807, 2.05) is 24.3 Å². The summed E-state index contributed by atoms with van der Waals surface area (Å²) in [7, 11) is 0. The summed E-state index contributed by atoms with van der Waals surface area (Å²) < 4.78 is 87.6. The minimum Gasteiger partial charge on any atom is -0.465 e. The Morgan fingerprint density at radius 3 is 1.31 bits per heavy atom. The first-order chi connectivity index (χ1) is 30.5. The fourth-order valence-electron chi connectivity index (χ4n) is 8.94. The van der Waals surface area contributed by atoms with Gasteiger partial charge in [-0.2, -0.15) is 26.3 Å². The van der Waals surface area contributed by atoms with Crippen molar-refractivity contribution < 1.29 is 55.6 Å². The zero-order valence-corrected chi connectivity index (χ0v) is 36.0. The van der Waals surface area contributed by atoms with E-state index in [2.05, 4.69) is 23.6 Å². The first-order valence-electron chi connectivity index (χ1n) is 21.9. The molecular formula is C48H56F6N4O6. The number of nitrogens with zero attached hydrogens (tertiary/aromatic N) is 4. The molecule has 1 aliphatic carbocycles. The van der Waals surface area contributed by atoms with Gasteiger partial charge in [-0.05, 0) is 110 Å². The Labute approximate surface area is 370 Å². The Hall–Kier alpha value is -5.48. The van der Waals surface area contributed by atoms with Crippen molar-refractivity contribution in [3.05, 3.63) is 119 Å². The number of amides is 2. The van der Waals surface area contributed by atoms with Gasteiger partial charge in [-0.1, -0.05) is 63.8 Å². The molecule has 2 aliphatic heterocycles. The number of piperazine rings is 2. The Morgan fingerprint density at radius 1 is 0.562 bits per heavy atom. The fourth-order valence-corrected chi connectivity index (χ4v) is 8.94. The molecule has 346 valence electrons. The summed E-state index contributed by atoms with van der Waals surface area (Å²) in [5, 5.41) is 19.4. The maximum absolute atomic E-state index is 12.7. The Balaban J connectivity index is 0.000000213. The van der Waals surface area contributed by atoms with Crippen molar-refractivity contribution in [3.63, 3.8) is 0 Å². The predicted octanol–water partition coefficient (Wildman–Crippen LogP) is 12.6. The number of alkyl halides is 6. The molecule has 2 unspecified atom stereocenters. The predicted molar refractivity (Wildman–Crippen MR) is 230 cm³/mol. The molecule has 10 nitrogen and oxygen atoms in total. The van der Waals surface area contributed by atoms with Gasteiger partial charge in [0.1, 0.15) is 23.0 Å². The molecule has 2 amide bonds. The average molecular weight is 899 g/mol. The molecule has 3 aliphatic rings. The summed E-state index contributed by atoms with van der Waals surface area (Å²) in [5.41, 5.74) is 0.283. The maximum atomic E-state index is 12.7. The van der Waals surface area contributed by atoms with Gasteiger partial charge in [0.2, 0.25) is 0 Å². The van der Waals surface area contributed by atoms with Crippen LogP contribution in [0.4, 0.5) is 35.9 Å². The highest BCUT2D eigenvalue weighted by Crippen LogP contribution is 2.36. The van der Waals surface area contributed by atoms with Crippen molar-refractivity contribution in [2.24, 2.45) is 0 Å². The van der Waals surface area contributed by atoms with Gasteiger partial charge in [-0.25, -0.2) is 9.59 Å². The number of hydrogen-bond donors (Lipinski definition) is 2. The Bertz CT molecular complexity index is 2090. The molecule has 16 heteroatoms. The van der Waals surface area contributed by atoms with Crippen molar-refractivity contribution in [2.75, 3.05) is 39.3 Å². The van der Waals surface area contributed by atoms with E-state index in [1.165, 1.54) is 72.6 Å². The molecule has 3 fully saturated rings. The molecule has 4 aromatic carbocycles. The summed E-state index contributed by atoms with van der Waals surface area (Å²) >= 11 is 0. The smallest absolute Gasteiger partial charge is 0.416 e. The minimum atomic E-state index is -4.39. The van der Waals surface area contributed by atoms with Crippen LogP contribution in [0.25, 0.3) is 0 Å². The van der Waals surface area contributed by atoms with E-state index in [0.29, 0.717) is 67.8 Å². The number of carbonyl (C=O) groups is 2. The number of hydrogen-bond acceptors (Lipinski definition) is 6. The van der Waals surface area contributed by atoms with Gasteiger partial charge in [0, 0.05) is 51.4 Å². The summed E-state index contributed by atoms with van der Waals surface area (Å²) in [6.45, 7) is 7.95. The first kappa shape index (κ1) is 48.0. The van der Waals surface area contributed by atoms with Gasteiger partial charge in [0.05, 0.1) is 23.2 Å². The van der Waals surface area contributed by atoms with Crippen molar-refractivity contribution in [3.8, 4) is 23.0 Å². The summed E-state index contributed by atoms with van der Waals surface area (Å²) in [5.74, 6) is 1.56. The number of benzene rings is 4. The molecule has 0 aromatic heterocycles. The van der Waals surface area contributed by atoms with Crippen molar-refractivity contribution in [2.45, 2.75) is 102 Å². The number of ether oxygens (including phenoxy) is 2. The molecule has 0 spiro atoms. The minimum absolute atomic E-state index is 0.264. The van der Waals surface area contributed by atoms with Crippen LogP contribution in [-0.4, -0.2) is 93.4 Å². The van der Waals surface area contributed by atoms with Gasteiger partial charge < -0.3 is 19.7 Å². The second-order valence-corrected chi connectivity index (χ2v) is 16.5. The molecule has 7 rings (SSSR count). The lowest BCUT2D eigenvalue weighted by molar-refractivity contribution is -0.138. The van der Waals surface area contributed by atoms with Gasteiger partial charge in [-0.3, -0.25) is 19.6 Å². The van der Waals surface area contributed by atoms with Gasteiger partial charge >= 0.3 is 24.5 Å². The van der Waals surface area contributed by atoms with Gasteiger partial charge in [-0.15, -0.1) is 0 Å². The highest BCUT2D eigenvalue weighted by molar-refractivity contribution is 5.66. The van der Waals surface area contributed by atoms with E-state index in [9.17, 15) is 46.1 Å². The summed E-state index contributed by atoms with van der Waals surface area (Å²) in [6.07, 6.45) is -1.30. The topological polar surface area (TPSA) is 106 Å². The standard InChI is InChI=1S/C25H29F3N2O3.C23H27F3N2O3/c26-25(27,28)19-9-13-22(14-10-19)33-21-11-7-18(8-12-21)23-17-29(15-16-30(23)24(31)32)20-5-3-1-2-4-6-20;1-3-18(4-2)27-13-14-28(22(29)30)21(15-27)16-5-9-19(10-6-16)31-20-11-7-17(8-12-20)23(24,25)26/h7-14,20,23H,1-6,15-17H2,(H,31,32);5-12,18,21H,3-4,13-15H2,1-2H3,(H,29,30). The quantitative estimate of drug-likeness (QED) is 0.120. The summed E-state index contributed by atoms with van der Waals surface area (Å²) in [6, 6.07) is 23.6. The second-order valence-electron chi connectivity index (χ2n) is 16.5. The highest BCUT2D eigenvalue weighted by Gasteiger charge is 2.36. The summed E-state index contributed by atoms with van der Waals surface area (Å²) in [4.78, 5) is 31.4. The zero-order valence-electron chi connectivity index (χ0n) is 36.0. The van der Waals surface area contributed by atoms with Crippen molar-refractivity contribution in [1.29, 1.82) is 0 Å². The molecular weight excluding hydrogens is 843 g/mol. The Kier molecular flexibility index (Phi) is 16.1. The Morgan fingerprint density at radius 2 is 0.938 bits per heavy atom. The molecule has 0 bridgehead atoms. The number of rotatable bonds is 10. The van der Waals surface area contributed by atoms with Crippen molar-refractivity contribution in [1.82, 2.24) is 19.6 Å². The average Bonchev–Trinajstić information content (AvgIpc) is 3.57. The fraction of sp³-hybridized carbons (Fsp3) is 0.458. The molecule has 2 atom stereocenters. The zero-order chi connectivity index (χ0) is 46.0. The van der Waals surface area contributed by atoms with E-state index < -0.39 is 35.7 Å². The van der Waals surface area contributed by atoms with E-state index in [-0.39, 0.29) is 12.1 Å². The van der Waals surface area contributed by atoms with Crippen LogP contribution < -0.4 is 9.47 Å². The van der Waals surface area contributed by atoms with Crippen molar-refractivity contribution >= 4 is 12.2 Å². The van der Waals surface area contributed by atoms with Crippen LogP contribution >= 0.6 is 0 Å². The van der Waals surface area contributed by atoms with Gasteiger partial charge in [0.25, 0.3) is 0 Å². The van der Waals surface area contributed by atoms with Crippen LogP contribution in [0.15, 0.2) is 97.1 Å². The molecule has 0 radical (unpaired) electrons. The third kappa shape index (κ3) is 12.6. The first-order valence-corrected chi connectivity index (χ1v) is 21.9. The number of carboxylic acid groups (broad SMARTS) is 2. The van der Waals surface area contributed by atoms with Crippen LogP contribution in [0.1, 0.15) is 99.6 Å². The van der Waals surface area contributed by atoms with Crippen LogP contribution in [0.5, 0.6) is 23.0 Å². The van der Waals surface area contributed by atoms with E-state index in [1.54, 1.807) is 24.3 Å². The molecule has 2 heterocycles. The number of halogens is 6. The van der Waals surface area contributed by atoms with E-state index in [4.69, 9.17) is 9.47 Å². The lowest BCUT2D eigenvalue weighted by Crippen LogP contribution is -2.53. The maximum Gasteiger partial charge on any atom is 0.416 e. The monoisotopic (exact) mass is 898 g/mol. The van der Waals surface area contributed by atoms with Crippen LogP contribution in [-0.2, 0) is 12.4 Å². The largest absolute Gasteiger partial charge is 0.465 e.